The Balaban J connectivity index is 1.69. The summed E-state index contributed by atoms with van der Waals surface area (Å²) < 4.78 is 61.9. The zero-order valence-corrected chi connectivity index (χ0v) is 18.4. The Morgan fingerprint density at radius 1 is 1.31 bits per heavy atom. The van der Waals surface area contributed by atoms with Crippen LogP contribution in [0.2, 0.25) is 0 Å². The van der Waals surface area contributed by atoms with Gasteiger partial charge < -0.3 is 14.8 Å². The molecule has 172 valence electrons. The predicted octanol–water partition coefficient (Wildman–Crippen LogP) is 4.40. The maximum Gasteiger partial charge on any atom is 0.232 e. The zero-order chi connectivity index (χ0) is 22.9. The molecule has 1 unspecified atom stereocenters. The summed E-state index contributed by atoms with van der Waals surface area (Å²) in [6.07, 6.45) is 5.85. The Labute approximate surface area is 184 Å². The first-order valence-corrected chi connectivity index (χ1v) is 12.2. The largest absolute Gasteiger partial charge is 0.489 e. The number of fused-ring (bicyclic) bond motifs is 1. The molecule has 1 fully saturated rings. The fourth-order valence-electron chi connectivity index (χ4n) is 4.04. The molecule has 0 aliphatic heterocycles. The number of hydrogen-bond acceptors (Lipinski definition) is 5. The molecule has 1 aliphatic carbocycles. The number of ether oxygens (including phenoxy) is 1. The van der Waals surface area contributed by atoms with E-state index in [9.17, 15) is 17.9 Å². The van der Waals surface area contributed by atoms with E-state index in [1.54, 1.807) is 19.2 Å². The molecule has 2 aromatic heterocycles. The number of aromatic amines is 1. The number of nitrogens with zero attached hydrogens (tertiary/aromatic N) is 1. The molecule has 2 heterocycles. The molecule has 0 saturated heterocycles. The van der Waals surface area contributed by atoms with Gasteiger partial charge in [-0.2, -0.15) is 0 Å². The minimum atomic E-state index is -3.79. The molecule has 1 aromatic carbocycles. The molecule has 1 atom stereocenters. The van der Waals surface area contributed by atoms with Crippen molar-refractivity contribution in [3.8, 4) is 5.75 Å². The lowest BCUT2D eigenvalue weighted by Crippen LogP contribution is -2.18. The van der Waals surface area contributed by atoms with Gasteiger partial charge in [-0.1, -0.05) is 6.92 Å². The molecular formula is C22H25F2N3O4S. The van der Waals surface area contributed by atoms with E-state index in [1.165, 1.54) is 6.20 Å². The lowest BCUT2D eigenvalue weighted by molar-refractivity contribution is 0.208. The highest BCUT2D eigenvalue weighted by Crippen LogP contribution is 2.35. The Bertz CT molecular complexity index is 1220. The summed E-state index contributed by atoms with van der Waals surface area (Å²) in [7, 11) is -3.79. The fourth-order valence-corrected chi connectivity index (χ4v) is 5.17. The number of H-pyrrole nitrogens is 1. The third-order valence-electron chi connectivity index (χ3n) is 5.58. The van der Waals surface area contributed by atoms with E-state index in [-0.39, 0.29) is 17.4 Å². The molecule has 32 heavy (non-hydrogen) atoms. The summed E-state index contributed by atoms with van der Waals surface area (Å²) in [6.45, 7) is 1.67. The molecule has 1 aliphatic rings. The highest BCUT2D eigenvalue weighted by molar-refractivity contribution is 7.92. The van der Waals surface area contributed by atoms with E-state index in [1.807, 2.05) is 0 Å². The van der Waals surface area contributed by atoms with Crippen LogP contribution in [0.25, 0.3) is 11.0 Å². The SMILES string of the molecule is CCCS(=O)(=O)Nc1ccc(F)c(C(O)c2c[nH]c3ncc(OC4CCCC4)cc23)c1F. The third kappa shape index (κ3) is 4.56. The van der Waals surface area contributed by atoms with Crippen LogP contribution >= 0.6 is 0 Å². The van der Waals surface area contributed by atoms with Crippen LogP contribution in [-0.2, 0) is 10.0 Å². The molecule has 0 amide bonds. The number of rotatable bonds is 8. The van der Waals surface area contributed by atoms with Crippen molar-refractivity contribution >= 4 is 26.7 Å². The van der Waals surface area contributed by atoms with Gasteiger partial charge in [0.25, 0.3) is 0 Å². The summed E-state index contributed by atoms with van der Waals surface area (Å²) in [5.74, 6) is -1.86. The van der Waals surface area contributed by atoms with Gasteiger partial charge in [0.05, 0.1) is 29.3 Å². The average molecular weight is 466 g/mol. The average Bonchev–Trinajstić information content (AvgIpc) is 3.39. The second-order valence-corrected chi connectivity index (χ2v) is 9.82. The summed E-state index contributed by atoms with van der Waals surface area (Å²) in [5.41, 5.74) is -0.434. The molecular weight excluding hydrogens is 440 g/mol. The van der Waals surface area contributed by atoms with E-state index in [0.717, 1.165) is 37.8 Å². The van der Waals surface area contributed by atoms with Crippen molar-refractivity contribution in [2.45, 2.75) is 51.2 Å². The van der Waals surface area contributed by atoms with Crippen molar-refractivity contribution in [1.29, 1.82) is 0 Å². The number of hydrogen-bond donors (Lipinski definition) is 3. The molecule has 3 aromatic rings. The van der Waals surface area contributed by atoms with Crippen LogP contribution < -0.4 is 9.46 Å². The molecule has 0 spiro atoms. The first kappa shape index (κ1) is 22.5. The van der Waals surface area contributed by atoms with Crippen LogP contribution in [0.3, 0.4) is 0 Å². The first-order chi connectivity index (χ1) is 15.3. The highest BCUT2D eigenvalue weighted by Gasteiger charge is 2.26. The number of pyridine rings is 1. The van der Waals surface area contributed by atoms with Crippen LogP contribution in [0.4, 0.5) is 14.5 Å². The number of anilines is 1. The van der Waals surface area contributed by atoms with E-state index in [4.69, 9.17) is 4.74 Å². The number of halogens is 2. The van der Waals surface area contributed by atoms with Crippen molar-refractivity contribution in [3.05, 3.63) is 53.4 Å². The third-order valence-corrected chi connectivity index (χ3v) is 7.05. The Morgan fingerprint density at radius 3 is 2.78 bits per heavy atom. The van der Waals surface area contributed by atoms with Crippen LogP contribution in [-0.4, -0.2) is 35.3 Å². The lowest BCUT2D eigenvalue weighted by atomic mass is 10.00. The molecule has 3 N–H and O–H groups in total. The molecule has 0 bridgehead atoms. The number of sulfonamides is 1. The van der Waals surface area contributed by atoms with Gasteiger partial charge in [0, 0.05) is 17.1 Å². The van der Waals surface area contributed by atoms with Gasteiger partial charge in [-0.25, -0.2) is 22.2 Å². The van der Waals surface area contributed by atoms with Gasteiger partial charge in [-0.3, -0.25) is 4.72 Å². The monoisotopic (exact) mass is 465 g/mol. The van der Waals surface area contributed by atoms with Crippen LogP contribution in [0.1, 0.15) is 56.3 Å². The summed E-state index contributed by atoms with van der Waals surface area (Å²) in [5, 5.41) is 11.4. The fraction of sp³-hybridized carbons (Fsp3) is 0.409. The maximum atomic E-state index is 15.1. The van der Waals surface area contributed by atoms with Crippen molar-refractivity contribution in [2.24, 2.45) is 0 Å². The van der Waals surface area contributed by atoms with E-state index >= 15 is 4.39 Å². The summed E-state index contributed by atoms with van der Waals surface area (Å²) >= 11 is 0. The topological polar surface area (TPSA) is 104 Å². The van der Waals surface area contributed by atoms with Crippen molar-refractivity contribution in [2.75, 3.05) is 10.5 Å². The van der Waals surface area contributed by atoms with Crippen LogP contribution in [0, 0.1) is 11.6 Å². The van der Waals surface area contributed by atoms with Crippen LogP contribution in [0.5, 0.6) is 5.75 Å². The van der Waals surface area contributed by atoms with Gasteiger partial charge >= 0.3 is 0 Å². The first-order valence-electron chi connectivity index (χ1n) is 10.6. The van der Waals surface area contributed by atoms with Gasteiger partial charge in [0.2, 0.25) is 10.0 Å². The number of benzene rings is 1. The number of aliphatic hydroxyl groups is 1. The van der Waals surface area contributed by atoms with Gasteiger partial charge in [-0.15, -0.1) is 0 Å². The quantitative estimate of drug-likeness (QED) is 0.458. The van der Waals surface area contributed by atoms with Crippen LogP contribution in [0.15, 0.2) is 30.6 Å². The predicted molar refractivity (Wildman–Crippen MR) is 117 cm³/mol. The Morgan fingerprint density at radius 2 is 2.06 bits per heavy atom. The van der Waals surface area contributed by atoms with Gasteiger partial charge in [-0.05, 0) is 50.3 Å². The molecule has 0 radical (unpaired) electrons. The van der Waals surface area contributed by atoms with E-state index in [2.05, 4.69) is 14.7 Å². The Kier molecular flexibility index (Phi) is 6.34. The smallest absolute Gasteiger partial charge is 0.232 e. The van der Waals surface area contributed by atoms with Gasteiger partial charge in [0.1, 0.15) is 23.3 Å². The Hall–Kier alpha value is -2.72. The number of aliphatic hydroxyl groups excluding tert-OH is 1. The molecule has 4 rings (SSSR count). The standard InChI is InChI=1S/C22H25F2N3O4S/c1-2-9-32(29,30)27-18-8-7-17(23)19(20(18)24)21(28)16-12-26-22-15(16)10-14(11-25-22)31-13-5-3-4-6-13/h7-8,10-13,21,27-28H,2-6,9H2,1H3,(H,25,26). The minimum absolute atomic E-state index is 0.101. The van der Waals surface area contributed by atoms with Crippen molar-refractivity contribution in [3.63, 3.8) is 0 Å². The summed E-state index contributed by atoms with van der Waals surface area (Å²) in [4.78, 5) is 7.17. The van der Waals surface area contributed by atoms with E-state index in [0.29, 0.717) is 23.2 Å². The van der Waals surface area contributed by atoms with Gasteiger partial charge in [0.15, 0.2) is 5.82 Å². The zero-order valence-electron chi connectivity index (χ0n) is 17.6. The number of nitrogens with one attached hydrogen (secondary N) is 2. The van der Waals surface area contributed by atoms with Crippen molar-refractivity contribution in [1.82, 2.24) is 9.97 Å². The second kappa shape index (κ2) is 9.03. The van der Waals surface area contributed by atoms with Crippen molar-refractivity contribution < 1.29 is 27.0 Å². The maximum absolute atomic E-state index is 15.1. The second-order valence-electron chi connectivity index (χ2n) is 7.98. The lowest BCUT2D eigenvalue weighted by Gasteiger charge is -2.16. The minimum Gasteiger partial charge on any atom is -0.489 e. The molecule has 7 nitrogen and oxygen atoms in total. The normalized spacial score (nSPS) is 15.9. The molecule has 10 heteroatoms. The molecule has 1 saturated carbocycles. The van der Waals surface area contributed by atoms with E-state index < -0.39 is 39.0 Å². The highest BCUT2D eigenvalue weighted by atomic mass is 32.2. The summed E-state index contributed by atoms with van der Waals surface area (Å²) in [6, 6.07) is 3.60. The number of aromatic nitrogens is 2.